The number of carbonyl (C=O) groups is 2. The van der Waals surface area contributed by atoms with Crippen LogP contribution in [-0.2, 0) is 4.79 Å². The average molecular weight is 305 g/mol. The summed E-state index contributed by atoms with van der Waals surface area (Å²) in [6.07, 6.45) is 5.53. The summed E-state index contributed by atoms with van der Waals surface area (Å²) in [4.78, 5) is 26.1. The zero-order chi connectivity index (χ0) is 15.5. The van der Waals surface area contributed by atoms with E-state index in [1.165, 1.54) is 30.7 Å². The van der Waals surface area contributed by atoms with Crippen molar-refractivity contribution in [2.75, 3.05) is 11.9 Å². The predicted molar refractivity (Wildman–Crippen MR) is 80.9 cm³/mol. The van der Waals surface area contributed by atoms with Gasteiger partial charge < -0.3 is 15.5 Å². The third-order valence-electron chi connectivity index (χ3n) is 4.38. The lowest BCUT2D eigenvalue weighted by Crippen LogP contribution is -2.39. The molecule has 1 saturated heterocycles. The number of anilines is 1. The number of nitrogens with one attached hydrogen (secondary N) is 2. The minimum absolute atomic E-state index is 0.161. The standard InChI is InChI=1S/C16H20FN3O2/c17-11-6-8-12(9-7-11)18-15(21)14-10-20(16(22)19-14)13-4-2-1-3-5-13/h6-9,13-14H,1-5,10H2,(H,18,21)(H,19,22). The van der Waals surface area contributed by atoms with Crippen LogP contribution in [0.5, 0.6) is 0 Å². The molecule has 6 heteroatoms. The quantitative estimate of drug-likeness (QED) is 0.901. The minimum Gasteiger partial charge on any atom is -0.324 e. The van der Waals surface area contributed by atoms with Crippen LogP contribution >= 0.6 is 0 Å². The Balaban J connectivity index is 1.59. The number of benzene rings is 1. The van der Waals surface area contributed by atoms with Gasteiger partial charge in [-0.3, -0.25) is 4.79 Å². The molecule has 5 nitrogen and oxygen atoms in total. The van der Waals surface area contributed by atoms with E-state index in [1.807, 2.05) is 0 Å². The number of hydrogen-bond donors (Lipinski definition) is 2. The lowest BCUT2D eigenvalue weighted by Gasteiger charge is -2.30. The van der Waals surface area contributed by atoms with Gasteiger partial charge in [0, 0.05) is 11.7 Å². The number of hydrogen-bond acceptors (Lipinski definition) is 2. The number of urea groups is 1. The van der Waals surface area contributed by atoms with Gasteiger partial charge in [0.1, 0.15) is 11.9 Å². The van der Waals surface area contributed by atoms with Crippen LogP contribution in [0.3, 0.4) is 0 Å². The third-order valence-corrected chi connectivity index (χ3v) is 4.38. The lowest BCUT2D eigenvalue weighted by molar-refractivity contribution is -0.117. The number of halogens is 1. The van der Waals surface area contributed by atoms with E-state index >= 15 is 0 Å². The smallest absolute Gasteiger partial charge is 0.318 e. The number of amides is 3. The maximum atomic E-state index is 12.9. The van der Waals surface area contributed by atoms with Crippen molar-refractivity contribution < 1.29 is 14.0 Å². The van der Waals surface area contributed by atoms with Crippen LogP contribution in [0.25, 0.3) is 0 Å². The van der Waals surface area contributed by atoms with E-state index in [2.05, 4.69) is 10.6 Å². The molecule has 2 fully saturated rings. The fourth-order valence-corrected chi connectivity index (χ4v) is 3.18. The Kier molecular flexibility index (Phi) is 4.27. The number of rotatable bonds is 3. The largest absolute Gasteiger partial charge is 0.324 e. The highest BCUT2D eigenvalue weighted by atomic mass is 19.1. The van der Waals surface area contributed by atoms with E-state index < -0.39 is 6.04 Å². The van der Waals surface area contributed by atoms with Gasteiger partial charge in [-0.05, 0) is 37.1 Å². The molecule has 1 aromatic rings. The summed E-state index contributed by atoms with van der Waals surface area (Å²) in [7, 11) is 0. The molecule has 1 aromatic carbocycles. The van der Waals surface area contributed by atoms with Crippen LogP contribution < -0.4 is 10.6 Å². The van der Waals surface area contributed by atoms with Gasteiger partial charge in [0.15, 0.2) is 0 Å². The molecule has 2 aliphatic rings. The molecule has 2 N–H and O–H groups in total. The molecule has 1 saturated carbocycles. The highest BCUT2D eigenvalue weighted by Gasteiger charge is 2.37. The molecule has 118 valence electrons. The molecule has 1 aliphatic carbocycles. The van der Waals surface area contributed by atoms with E-state index in [0.717, 1.165) is 25.7 Å². The monoisotopic (exact) mass is 305 g/mol. The van der Waals surface area contributed by atoms with Crippen molar-refractivity contribution in [3.63, 3.8) is 0 Å². The van der Waals surface area contributed by atoms with Gasteiger partial charge in [-0.2, -0.15) is 0 Å². The van der Waals surface area contributed by atoms with Crippen LogP contribution in [0.15, 0.2) is 24.3 Å². The van der Waals surface area contributed by atoms with E-state index in [9.17, 15) is 14.0 Å². The SMILES string of the molecule is O=C(Nc1ccc(F)cc1)C1CN(C2CCCCC2)C(=O)N1. The van der Waals surface area contributed by atoms with Crippen LogP contribution in [0.1, 0.15) is 32.1 Å². The van der Waals surface area contributed by atoms with Gasteiger partial charge in [-0.1, -0.05) is 19.3 Å². The molecule has 0 bridgehead atoms. The van der Waals surface area contributed by atoms with Gasteiger partial charge in [-0.25, -0.2) is 9.18 Å². The van der Waals surface area contributed by atoms with Crippen LogP contribution in [0, 0.1) is 5.82 Å². The Morgan fingerprint density at radius 1 is 1.18 bits per heavy atom. The summed E-state index contributed by atoms with van der Waals surface area (Å²) >= 11 is 0. The summed E-state index contributed by atoms with van der Waals surface area (Å²) in [6, 6.07) is 5.11. The third kappa shape index (κ3) is 3.21. The lowest BCUT2D eigenvalue weighted by atomic mass is 9.94. The molecule has 0 radical (unpaired) electrons. The van der Waals surface area contributed by atoms with Crippen LogP contribution in [-0.4, -0.2) is 35.5 Å². The maximum Gasteiger partial charge on any atom is 0.318 e. The first-order valence-corrected chi connectivity index (χ1v) is 7.77. The van der Waals surface area contributed by atoms with Gasteiger partial charge in [0.05, 0.1) is 6.54 Å². The van der Waals surface area contributed by atoms with Gasteiger partial charge in [0.2, 0.25) is 5.91 Å². The summed E-state index contributed by atoms with van der Waals surface area (Å²) in [5, 5.41) is 5.44. The van der Waals surface area contributed by atoms with Crippen molar-refractivity contribution in [3.8, 4) is 0 Å². The molecule has 1 atom stereocenters. The molecule has 3 rings (SSSR count). The molecule has 1 aliphatic heterocycles. The molecule has 1 unspecified atom stereocenters. The van der Waals surface area contributed by atoms with Crippen molar-refractivity contribution >= 4 is 17.6 Å². The van der Waals surface area contributed by atoms with E-state index in [4.69, 9.17) is 0 Å². The Morgan fingerprint density at radius 2 is 1.86 bits per heavy atom. The normalized spacial score (nSPS) is 22.5. The van der Waals surface area contributed by atoms with Gasteiger partial charge in [-0.15, -0.1) is 0 Å². The molecule has 0 spiro atoms. The van der Waals surface area contributed by atoms with Gasteiger partial charge >= 0.3 is 6.03 Å². The minimum atomic E-state index is -0.556. The van der Waals surface area contributed by atoms with E-state index in [0.29, 0.717) is 12.2 Å². The highest BCUT2D eigenvalue weighted by Crippen LogP contribution is 2.24. The number of nitrogens with zero attached hydrogens (tertiary/aromatic N) is 1. The fourth-order valence-electron chi connectivity index (χ4n) is 3.18. The predicted octanol–water partition coefficient (Wildman–Crippen LogP) is 2.49. The van der Waals surface area contributed by atoms with Crippen molar-refractivity contribution in [2.45, 2.75) is 44.2 Å². The molecule has 3 amide bonds. The first-order valence-electron chi connectivity index (χ1n) is 7.77. The first kappa shape index (κ1) is 14.8. The summed E-state index contributed by atoms with van der Waals surface area (Å²) in [5.41, 5.74) is 0.525. The topological polar surface area (TPSA) is 61.4 Å². The van der Waals surface area contributed by atoms with E-state index in [1.54, 1.807) is 4.90 Å². The summed E-state index contributed by atoms with van der Waals surface area (Å²) in [5.74, 6) is -0.617. The summed E-state index contributed by atoms with van der Waals surface area (Å²) < 4.78 is 12.9. The second kappa shape index (κ2) is 6.34. The average Bonchev–Trinajstić information content (AvgIpc) is 2.92. The Bertz CT molecular complexity index is 555. The molecule has 0 aromatic heterocycles. The highest BCUT2D eigenvalue weighted by molar-refractivity contribution is 5.98. The zero-order valence-electron chi connectivity index (χ0n) is 12.3. The second-order valence-corrected chi connectivity index (χ2v) is 5.94. The maximum absolute atomic E-state index is 12.9. The molecular weight excluding hydrogens is 285 g/mol. The Hall–Kier alpha value is -2.11. The molecule has 1 heterocycles. The van der Waals surface area contributed by atoms with Crippen molar-refractivity contribution in [1.82, 2.24) is 10.2 Å². The van der Waals surface area contributed by atoms with Crippen molar-refractivity contribution in [1.29, 1.82) is 0 Å². The van der Waals surface area contributed by atoms with Crippen LogP contribution in [0.4, 0.5) is 14.9 Å². The van der Waals surface area contributed by atoms with Gasteiger partial charge in [0.25, 0.3) is 0 Å². The Labute approximate surface area is 128 Å². The Morgan fingerprint density at radius 3 is 2.55 bits per heavy atom. The van der Waals surface area contributed by atoms with Crippen molar-refractivity contribution in [3.05, 3.63) is 30.1 Å². The molecule has 22 heavy (non-hydrogen) atoms. The second-order valence-electron chi connectivity index (χ2n) is 5.94. The molecular formula is C16H20FN3O2. The first-order chi connectivity index (χ1) is 10.6. The summed E-state index contributed by atoms with van der Waals surface area (Å²) in [6.45, 7) is 0.399. The fraction of sp³-hybridized carbons (Fsp3) is 0.500. The van der Waals surface area contributed by atoms with E-state index in [-0.39, 0.29) is 23.8 Å². The van der Waals surface area contributed by atoms with Crippen LogP contribution in [0.2, 0.25) is 0 Å². The number of carbonyl (C=O) groups excluding carboxylic acids is 2. The van der Waals surface area contributed by atoms with Crippen molar-refractivity contribution in [2.24, 2.45) is 0 Å². The zero-order valence-corrected chi connectivity index (χ0v) is 12.3.